The molecule has 0 bridgehead atoms. The molecule has 6 heteroatoms. The third-order valence-corrected chi connectivity index (χ3v) is 5.92. The van der Waals surface area contributed by atoms with Gasteiger partial charge >= 0.3 is 0 Å². The molecule has 0 saturated carbocycles. The van der Waals surface area contributed by atoms with Crippen molar-refractivity contribution >= 4 is 39.3 Å². The number of aromatic nitrogens is 2. The van der Waals surface area contributed by atoms with E-state index in [1.165, 1.54) is 35.0 Å². The lowest BCUT2D eigenvalue weighted by Gasteiger charge is -2.18. The molecule has 3 rings (SSSR count). The molecule has 20 heavy (non-hydrogen) atoms. The van der Waals surface area contributed by atoms with E-state index < -0.39 is 11.2 Å². The quantitative estimate of drug-likeness (QED) is 0.641. The average molecular weight is 307 g/mol. The minimum atomic E-state index is -1.06. The van der Waals surface area contributed by atoms with Crippen LogP contribution >= 0.6 is 23.1 Å². The second-order valence-corrected chi connectivity index (χ2v) is 7.70. The number of thioether (sulfide) groups is 1. The molecule has 1 aliphatic rings. The lowest BCUT2D eigenvalue weighted by molar-refractivity contribution is -0.304. The Hall–Kier alpha value is -1.14. The molecule has 0 saturated heterocycles. The molecule has 0 unspecified atom stereocenters. The van der Waals surface area contributed by atoms with Gasteiger partial charge in [0.25, 0.3) is 0 Å². The van der Waals surface area contributed by atoms with Crippen LogP contribution < -0.4 is 5.11 Å². The van der Waals surface area contributed by atoms with Gasteiger partial charge in [-0.15, -0.1) is 11.3 Å². The molecule has 2 atom stereocenters. The highest BCUT2D eigenvalue weighted by molar-refractivity contribution is 8.00. The van der Waals surface area contributed by atoms with Crippen LogP contribution in [0.3, 0.4) is 0 Å². The van der Waals surface area contributed by atoms with Gasteiger partial charge in [-0.1, -0.05) is 18.7 Å². The van der Waals surface area contributed by atoms with E-state index in [9.17, 15) is 9.90 Å². The summed E-state index contributed by atoms with van der Waals surface area (Å²) in [6.07, 6.45) is 4.83. The van der Waals surface area contributed by atoms with Gasteiger partial charge < -0.3 is 9.90 Å². The van der Waals surface area contributed by atoms with Crippen LogP contribution in [0.15, 0.2) is 11.4 Å². The van der Waals surface area contributed by atoms with E-state index in [1.807, 2.05) is 0 Å². The van der Waals surface area contributed by atoms with Crippen molar-refractivity contribution in [3.8, 4) is 0 Å². The van der Waals surface area contributed by atoms with Crippen LogP contribution in [-0.4, -0.2) is 21.2 Å². The molecular weight excluding hydrogens is 292 g/mol. The molecule has 0 N–H and O–H groups in total. The summed E-state index contributed by atoms with van der Waals surface area (Å²) in [5.74, 6) is -0.346. The molecule has 0 aliphatic heterocycles. The van der Waals surface area contributed by atoms with Crippen LogP contribution in [0.2, 0.25) is 0 Å². The Bertz CT molecular complexity index is 668. The number of carboxylic acids is 1. The van der Waals surface area contributed by atoms with E-state index in [4.69, 9.17) is 0 Å². The standard InChI is InChI=1S/C14H16N2O2S2/c1-7-3-4-9-10(5-7)20-13-11(9)12(15-6-16-13)19-8(2)14(17)18/h6-8H,3-5H2,1-2H3,(H,17,18)/p-1/t7-,8+/m0/s1. The van der Waals surface area contributed by atoms with Crippen molar-refractivity contribution in [2.45, 2.75) is 43.4 Å². The Morgan fingerprint density at radius 3 is 3.10 bits per heavy atom. The predicted octanol–water partition coefficient (Wildman–Crippen LogP) is 2.05. The third kappa shape index (κ3) is 2.42. The molecule has 106 valence electrons. The minimum Gasteiger partial charge on any atom is -0.549 e. The maximum Gasteiger partial charge on any atom is 0.128 e. The normalized spacial score (nSPS) is 19.8. The fourth-order valence-corrected chi connectivity index (χ4v) is 4.84. The maximum absolute atomic E-state index is 10.9. The van der Waals surface area contributed by atoms with Crippen LogP contribution in [0.1, 0.15) is 30.7 Å². The van der Waals surface area contributed by atoms with Gasteiger partial charge in [-0.05, 0) is 37.7 Å². The highest BCUT2D eigenvalue weighted by atomic mass is 32.2. The lowest BCUT2D eigenvalue weighted by atomic mass is 9.89. The van der Waals surface area contributed by atoms with Gasteiger partial charge in [0.05, 0.1) is 5.97 Å². The molecular formula is C14H15N2O2S2-. The molecule has 0 aromatic carbocycles. The predicted molar refractivity (Wildman–Crippen MR) is 78.9 cm³/mol. The van der Waals surface area contributed by atoms with Crippen molar-refractivity contribution in [3.63, 3.8) is 0 Å². The summed E-state index contributed by atoms with van der Waals surface area (Å²) in [7, 11) is 0. The van der Waals surface area contributed by atoms with Gasteiger partial charge in [-0.2, -0.15) is 0 Å². The van der Waals surface area contributed by atoms with Gasteiger partial charge in [0.2, 0.25) is 0 Å². The maximum atomic E-state index is 10.9. The SMILES string of the molecule is C[C@H]1CCc2c(sc3ncnc(S[C@H](C)C(=O)[O-])c23)C1. The molecule has 2 aromatic rings. The molecule has 0 radical (unpaired) electrons. The van der Waals surface area contributed by atoms with Crippen molar-refractivity contribution in [1.29, 1.82) is 0 Å². The number of carbonyl (C=O) groups is 1. The molecule has 2 heterocycles. The molecule has 1 aliphatic carbocycles. The minimum absolute atomic E-state index is 0.605. The van der Waals surface area contributed by atoms with Crippen LogP contribution in [0.25, 0.3) is 10.2 Å². The van der Waals surface area contributed by atoms with Crippen LogP contribution in [0, 0.1) is 5.92 Å². The second-order valence-electron chi connectivity index (χ2n) is 5.29. The first kappa shape index (κ1) is 13.8. The number of aryl methyl sites for hydroxylation is 1. The van der Waals surface area contributed by atoms with Crippen molar-refractivity contribution in [2.24, 2.45) is 5.92 Å². The number of carbonyl (C=O) groups excluding carboxylic acids is 1. The van der Waals surface area contributed by atoms with Crippen LogP contribution in [-0.2, 0) is 17.6 Å². The van der Waals surface area contributed by atoms with Crippen molar-refractivity contribution in [3.05, 3.63) is 16.8 Å². The Morgan fingerprint density at radius 1 is 1.55 bits per heavy atom. The summed E-state index contributed by atoms with van der Waals surface area (Å²) < 4.78 is 0. The molecule has 0 fully saturated rings. The number of hydrogen-bond acceptors (Lipinski definition) is 6. The monoisotopic (exact) mass is 307 g/mol. The van der Waals surface area contributed by atoms with Gasteiger partial charge in [-0.3, -0.25) is 0 Å². The largest absolute Gasteiger partial charge is 0.549 e. The zero-order valence-corrected chi connectivity index (χ0v) is 13.0. The molecule has 4 nitrogen and oxygen atoms in total. The highest BCUT2D eigenvalue weighted by Crippen LogP contribution is 2.41. The van der Waals surface area contributed by atoms with Crippen LogP contribution in [0.4, 0.5) is 0 Å². The first-order valence-corrected chi connectivity index (χ1v) is 8.38. The van der Waals surface area contributed by atoms with Gasteiger partial charge in [-0.25, -0.2) is 9.97 Å². The van der Waals surface area contributed by atoms with Crippen molar-refractivity contribution in [2.75, 3.05) is 0 Å². The van der Waals surface area contributed by atoms with E-state index in [1.54, 1.807) is 18.3 Å². The second kappa shape index (κ2) is 5.33. The summed E-state index contributed by atoms with van der Waals surface area (Å²) in [6, 6.07) is 0. The van der Waals surface area contributed by atoms with Crippen molar-refractivity contribution in [1.82, 2.24) is 9.97 Å². The number of hydrogen-bond donors (Lipinski definition) is 0. The van der Waals surface area contributed by atoms with Gasteiger partial charge in [0, 0.05) is 15.5 Å². The Labute approximate surface area is 125 Å². The van der Waals surface area contributed by atoms with E-state index in [0.29, 0.717) is 5.92 Å². The summed E-state index contributed by atoms with van der Waals surface area (Å²) in [5.41, 5.74) is 1.33. The molecule has 0 amide bonds. The van der Waals surface area contributed by atoms with Gasteiger partial charge in [0.1, 0.15) is 16.2 Å². The molecule has 2 aromatic heterocycles. The van der Waals surface area contributed by atoms with Crippen molar-refractivity contribution < 1.29 is 9.90 Å². The zero-order chi connectivity index (χ0) is 14.3. The van der Waals surface area contributed by atoms with Gasteiger partial charge in [0.15, 0.2) is 0 Å². The summed E-state index contributed by atoms with van der Waals surface area (Å²) in [4.78, 5) is 22.0. The summed E-state index contributed by atoms with van der Waals surface area (Å²) >= 11 is 2.98. The first-order valence-electron chi connectivity index (χ1n) is 6.69. The topological polar surface area (TPSA) is 65.9 Å². The third-order valence-electron chi connectivity index (χ3n) is 3.68. The number of thiophene rings is 1. The molecule has 0 spiro atoms. The Kier molecular flexibility index (Phi) is 3.69. The number of nitrogens with zero attached hydrogens (tertiary/aromatic N) is 2. The lowest BCUT2D eigenvalue weighted by Crippen LogP contribution is -2.31. The van der Waals surface area contributed by atoms with E-state index in [2.05, 4.69) is 16.9 Å². The zero-order valence-electron chi connectivity index (χ0n) is 11.4. The Balaban J connectivity index is 2.07. The van der Waals surface area contributed by atoms with E-state index in [0.717, 1.165) is 28.1 Å². The number of aliphatic carboxylic acids is 1. The van der Waals surface area contributed by atoms with E-state index in [-0.39, 0.29) is 0 Å². The first-order chi connectivity index (χ1) is 9.56. The number of carboxylic acid groups (broad SMARTS) is 1. The van der Waals surface area contributed by atoms with Crippen LogP contribution in [0.5, 0.6) is 0 Å². The van der Waals surface area contributed by atoms with E-state index >= 15 is 0 Å². The fraction of sp³-hybridized carbons (Fsp3) is 0.500. The number of rotatable bonds is 3. The smallest absolute Gasteiger partial charge is 0.128 e. The summed E-state index contributed by atoms with van der Waals surface area (Å²) in [6.45, 7) is 3.90. The Morgan fingerprint density at radius 2 is 2.35 bits per heavy atom. The fourth-order valence-electron chi connectivity index (χ4n) is 2.55. The highest BCUT2D eigenvalue weighted by Gasteiger charge is 2.23. The number of fused-ring (bicyclic) bond motifs is 3. The summed E-state index contributed by atoms with van der Waals surface area (Å²) in [5, 5.41) is 12.2. The average Bonchev–Trinajstić information content (AvgIpc) is 2.76.